The molecule has 0 saturated carbocycles. The van der Waals surface area contributed by atoms with Crippen molar-refractivity contribution in [2.24, 2.45) is 0 Å². The number of rotatable bonds is 3. The van der Waals surface area contributed by atoms with Gasteiger partial charge in [-0.15, -0.1) is 0 Å². The third kappa shape index (κ3) is 2.78. The summed E-state index contributed by atoms with van der Waals surface area (Å²) in [4.78, 5) is 18.1. The third-order valence-corrected chi connectivity index (χ3v) is 3.66. The van der Waals surface area contributed by atoms with E-state index in [-0.39, 0.29) is 12.0 Å². The van der Waals surface area contributed by atoms with E-state index < -0.39 is 0 Å². The smallest absolute Gasteiger partial charge is 0.328 e. The number of carbonyl (C=O) groups is 1. The van der Waals surface area contributed by atoms with Crippen LogP contribution in [0.25, 0.3) is 0 Å². The first-order valence-corrected chi connectivity index (χ1v) is 7.05. The molecule has 2 heterocycles. The molecule has 0 spiro atoms. The van der Waals surface area contributed by atoms with Gasteiger partial charge in [0, 0.05) is 12.7 Å². The quantitative estimate of drug-likeness (QED) is 0.798. The Hall–Kier alpha value is -0.810. The molecule has 0 amide bonds. The molecular weight excluding hydrogens is 320 g/mol. The zero-order valence-corrected chi connectivity index (χ0v) is 12.4. The molecule has 1 aliphatic heterocycles. The number of ether oxygens (including phenoxy) is 1. The summed E-state index contributed by atoms with van der Waals surface area (Å²) in [6.45, 7) is 3.02. The SMILES string of the molecule is CCOC(=O)C1CCCN1c1ncc(Cl)cc1Br. The largest absolute Gasteiger partial charge is 0.464 e. The summed E-state index contributed by atoms with van der Waals surface area (Å²) < 4.78 is 5.89. The molecule has 1 unspecified atom stereocenters. The van der Waals surface area contributed by atoms with Crippen LogP contribution in [-0.4, -0.2) is 30.1 Å². The molecule has 1 atom stereocenters. The standard InChI is InChI=1S/C12H14BrClN2O2/c1-2-18-12(17)10-4-3-5-16(10)11-9(13)6-8(14)7-15-11/h6-7,10H,2-5H2,1H3. The lowest BCUT2D eigenvalue weighted by Gasteiger charge is -2.24. The predicted octanol–water partition coefficient (Wildman–Crippen LogP) is 3.03. The van der Waals surface area contributed by atoms with Crippen LogP contribution < -0.4 is 4.90 Å². The van der Waals surface area contributed by atoms with Gasteiger partial charge in [-0.1, -0.05) is 11.6 Å². The molecule has 1 fully saturated rings. The molecule has 0 N–H and O–H groups in total. The second-order valence-corrected chi connectivity index (χ2v) is 5.35. The highest BCUT2D eigenvalue weighted by atomic mass is 79.9. The molecule has 98 valence electrons. The van der Waals surface area contributed by atoms with Gasteiger partial charge >= 0.3 is 5.97 Å². The molecule has 2 rings (SSSR count). The highest BCUT2D eigenvalue weighted by Gasteiger charge is 2.33. The first kappa shape index (κ1) is 13.6. The van der Waals surface area contributed by atoms with E-state index in [9.17, 15) is 4.79 Å². The number of pyridine rings is 1. The summed E-state index contributed by atoms with van der Waals surface area (Å²) in [5, 5.41) is 0.567. The van der Waals surface area contributed by atoms with Crippen LogP contribution in [0.5, 0.6) is 0 Å². The number of halogens is 2. The predicted molar refractivity (Wildman–Crippen MR) is 73.9 cm³/mol. The van der Waals surface area contributed by atoms with Crippen molar-refractivity contribution in [3.8, 4) is 0 Å². The molecule has 1 aromatic heterocycles. The average molecular weight is 334 g/mol. The van der Waals surface area contributed by atoms with Gasteiger partial charge in [0.2, 0.25) is 0 Å². The zero-order valence-electron chi connectivity index (χ0n) is 10.0. The summed E-state index contributed by atoms with van der Waals surface area (Å²) in [7, 11) is 0. The van der Waals surface area contributed by atoms with E-state index in [1.165, 1.54) is 0 Å². The van der Waals surface area contributed by atoms with Gasteiger partial charge in [-0.3, -0.25) is 0 Å². The van der Waals surface area contributed by atoms with Crippen molar-refractivity contribution in [3.05, 3.63) is 21.8 Å². The Morgan fingerprint density at radius 3 is 3.17 bits per heavy atom. The Morgan fingerprint density at radius 1 is 1.72 bits per heavy atom. The van der Waals surface area contributed by atoms with Gasteiger partial charge < -0.3 is 9.64 Å². The van der Waals surface area contributed by atoms with Gasteiger partial charge in [0.1, 0.15) is 11.9 Å². The van der Waals surface area contributed by atoms with Crippen molar-refractivity contribution >= 4 is 39.3 Å². The summed E-state index contributed by atoms with van der Waals surface area (Å²) in [6, 6.07) is 1.54. The Balaban J connectivity index is 2.23. The summed E-state index contributed by atoms with van der Waals surface area (Å²) in [6.07, 6.45) is 3.35. The van der Waals surface area contributed by atoms with E-state index in [0.717, 1.165) is 29.7 Å². The summed E-state index contributed by atoms with van der Waals surface area (Å²) in [5.74, 6) is 0.564. The number of hydrogen-bond acceptors (Lipinski definition) is 4. The van der Waals surface area contributed by atoms with E-state index in [1.54, 1.807) is 12.3 Å². The van der Waals surface area contributed by atoms with E-state index in [1.807, 2.05) is 11.8 Å². The van der Waals surface area contributed by atoms with Crippen LogP contribution in [0, 0.1) is 0 Å². The Kier molecular flexibility index (Phi) is 4.45. The van der Waals surface area contributed by atoms with E-state index in [4.69, 9.17) is 16.3 Å². The lowest BCUT2D eigenvalue weighted by molar-refractivity contribution is -0.144. The molecule has 0 aromatic carbocycles. The van der Waals surface area contributed by atoms with Crippen LogP contribution in [0.4, 0.5) is 5.82 Å². The number of esters is 1. The minimum absolute atomic E-state index is 0.182. The van der Waals surface area contributed by atoms with Crippen LogP contribution in [0.3, 0.4) is 0 Å². The maximum Gasteiger partial charge on any atom is 0.328 e. The number of nitrogens with zero attached hydrogens (tertiary/aromatic N) is 2. The summed E-state index contributed by atoms with van der Waals surface area (Å²) in [5.41, 5.74) is 0. The van der Waals surface area contributed by atoms with Gasteiger partial charge in [-0.25, -0.2) is 9.78 Å². The average Bonchev–Trinajstić information content (AvgIpc) is 2.78. The van der Waals surface area contributed by atoms with Crippen molar-refractivity contribution in [2.75, 3.05) is 18.1 Å². The maximum absolute atomic E-state index is 11.9. The topological polar surface area (TPSA) is 42.4 Å². The molecular formula is C12H14BrClN2O2. The first-order chi connectivity index (χ1) is 8.63. The van der Waals surface area contributed by atoms with Crippen molar-refractivity contribution in [1.82, 2.24) is 4.98 Å². The Morgan fingerprint density at radius 2 is 2.50 bits per heavy atom. The minimum Gasteiger partial charge on any atom is -0.464 e. The van der Waals surface area contributed by atoms with Crippen molar-refractivity contribution < 1.29 is 9.53 Å². The molecule has 1 aromatic rings. The molecule has 0 bridgehead atoms. The number of anilines is 1. The lowest BCUT2D eigenvalue weighted by atomic mass is 10.2. The Bertz CT molecular complexity index is 456. The van der Waals surface area contributed by atoms with Gasteiger partial charge in [0.15, 0.2) is 0 Å². The fourth-order valence-corrected chi connectivity index (χ4v) is 2.99. The molecule has 6 heteroatoms. The molecule has 18 heavy (non-hydrogen) atoms. The molecule has 0 radical (unpaired) electrons. The first-order valence-electron chi connectivity index (χ1n) is 5.87. The van der Waals surface area contributed by atoms with Crippen LogP contribution in [-0.2, 0) is 9.53 Å². The fourth-order valence-electron chi connectivity index (χ4n) is 2.12. The van der Waals surface area contributed by atoms with Gasteiger partial charge in [-0.2, -0.15) is 0 Å². The second-order valence-electron chi connectivity index (χ2n) is 4.06. The molecule has 1 saturated heterocycles. The highest BCUT2D eigenvalue weighted by molar-refractivity contribution is 9.10. The number of aromatic nitrogens is 1. The second kappa shape index (κ2) is 5.89. The van der Waals surface area contributed by atoms with Crippen molar-refractivity contribution in [1.29, 1.82) is 0 Å². The molecule has 0 aliphatic carbocycles. The minimum atomic E-state index is -0.241. The molecule has 1 aliphatic rings. The van der Waals surface area contributed by atoms with Crippen LogP contribution in [0.2, 0.25) is 5.02 Å². The van der Waals surface area contributed by atoms with Gasteiger partial charge in [0.25, 0.3) is 0 Å². The van der Waals surface area contributed by atoms with Gasteiger partial charge in [0.05, 0.1) is 16.1 Å². The lowest BCUT2D eigenvalue weighted by Crippen LogP contribution is -2.38. The third-order valence-electron chi connectivity index (χ3n) is 2.87. The highest BCUT2D eigenvalue weighted by Crippen LogP contribution is 2.32. The van der Waals surface area contributed by atoms with Gasteiger partial charge in [-0.05, 0) is 41.8 Å². The zero-order chi connectivity index (χ0) is 13.1. The Labute approximate surface area is 119 Å². The summed E-state index contributed by atoms with van der Waals surface area (Å²) >= 11 is 9.30. The fraction of sp³-hybridized carbons (Fsp3) is 0.500. The van der Waals surface area contributed by atoms with E-state index in [0.29, 0.717) is 11.6 Å². The maximum atomic E-state index is 11.9. The van der Waals surface area contributed by atoms with Crippen LogP contribution >= 0.6 is 27.5 Å². The van der Waals surface area contributed by atoms with Crippen molar-refractivity contribution in [2.45, 2.75) is 25.8 Å². The van der Waals surface area contributed by atoms with E-state index >= 15 is 0 Å². The number of carbonyl (C=O) groups excluding carboxylic acids is 1. The van der Waals surface area contributed by atoms with Crippen LogP contribution in [0.15, 0.2) is 16.7 Å². The van der Waals surface area contributed by atoms with Crippen molar-refractivity contribution in [3.63, 3.8) is 0 Å². The monoisotopic (exact) mass is 332 g/mol. The van der Waals surface area contributed by atoms with Crippen LogP contribution in [0.1, 0.15) is 19.8 Å². The molecule has 4 nitrogen and oxygen atoms in total. The number of hydrogen-bond donors (Lipinski definition) is 0. The van der Waals surface area contributed by atoms with E-state index in [2.05, 4.69) is 20.9 Å². The normalized spacial score (nSPS) is 19.1.